The summed E-state index contributed by atoms with van der Waals surface area (Å²) in [6, 6.07) is 10.7. The monoisotopic (exact) mass is 471 g/mol. The number of carbonyl (C=O) groups excluding carboxylic acids is 1. The summed E-state index contributed by atoms with van der Waals surface area (Å²) in [6.45, 7) is 0.434. The molecule has 32 heavy (non-hydrogen) atoms. The second-order valence-electron chi connectivity index (χ2n) is 6.92. The summed E-state index contributed by atoms with van der Waals surface area (Å²) < 4.78 is 67.2. The van der Waals surface area contributed by atoms with E-state index in [0.29, 0.717) is 29.7 Å². The summed E-state index contributed by atoms with van der Waals surface area (Å²) >= 11 is 0. The number of nitrogens with two attached hydrogens (primary N) is 1. The largest absolute Gasteiger partial charge is 0.573 e. The molecule has 1 aliphatic rings. The van der Waals surface area contributed by atoms with Crippen molar-refractivity contribution in [2.75, 3.05) is 13.1 Å². The topological polar surface area (TPSA) is 111 Å². The van der Waals surface area contributed by atoms with Crippen LogP contribution in [0.1, 0.15) is 28.8 Å². The summed E-state index contributed by atoms with van der Waals surface area (Å²) in [4.78, 5) is 16.4. The van der Waals surface area contributed by atoms with Gasteiger partial charge < -0.3 is 15.3 Å². The highest BCUT2D eigenvalue weighted by Crippen LogP contribution is 2.26. The number of carbonyl (C=O) groups is 1. The SMILES string of the molecule is NC(=O)c1cccc(CON=C2CCN(S(=O)(=O)c3ccc(OC(F)(F)F)cc3)CC2)c1. The second-order valence-corrected chi connectivity index (χ2v) is 8.86. The zero-order valence-electron chi connectivity index (χ0n) is 16.7. The molecule has 0 saturated carbocycles. The number of piperidine rings is 1. The Morgan fingerprint density at radius 1 is 1.09 bits per heavy atom. The van der Waals surface area contributed by atoms with Gasteiger partial charge in [-0.15, -0.1) is 13.2 Å². The van der Waals surface area contributed by atoms with Gasteiger partial charge in [-0.05, 0) is 42.0 Å². The second kappa shape index (κ2) is 9.57. The van der Waals surface area contributed by atoms with Gasteiger partial charge in [0.05, 0.1) is 10.6 Å². The molecule has 0 aromatic heterocycles. The Balaban J connectivity index is 1.55. The lowest BCUT2D eigenvalue weighted by Crippen LogP contribution is -2.38. The summed E-state index contributed by atoms with van der Waals surface area (Å²) in [7, 11) is -3.87. The van der Waals surface area contributed by atoms with E-state index in [1.807, 2.05) is 0 Å². The average molecular weight is 471 g/mol. The van der Waals surface area contributed by atoms with Gasteiger partial charge in [-0.3, -0.25) is 4.79 Å². The molecule has 2 N–H and O–H groups in total. The number of hydrogen-bond acceptors (Lipinski definition) is 6. The van der Waals surface area contributed by atoms with Crippen molar-refractivity contribution in [3.05, 3.63) is 59.7 Å². The van der Waals surface area contributed by atoms with Gasteiger partial charge in [0, 0.05) is 31.5 Å². The molecule has 172 valence electrons. The molecule has 2 aromatic carbocycles. The van der Waals surface area contributed by atoms with Gasteiger partial charge >= 0.3 is 6.36 Å². The fourth-order valence-electron chi connectivity index (χ4n) is 3.05. The van der Waals surface area contributed by atoms with Gasteiger partial charge in [0.25, 0.3) is 0 Å². The maximum Gasteiger partial charge on any atom is 0.573 e. The standard InChI is InChI=1S/C20H20F3N3O5S/c21-20(22,23)31-17-4-6-18(7-5-17)32(28,29)26-10-8-16(9-11-26)25-30-13-14-2-1-3-15(12-14)19(24)27/h1-7,12H,8-11,13H2,(H2,24,27). The third kappa shape index (κ3) is 6.20. The Morgan fingerprint density at radius 3 is 2.34 bits per heavy atom. The smallest absolute Gasteiger partial charge is 0.406 e. The van der Waals surface area contributed by atoms with Crippen LogP contribution in [0, 0.1) is 0 Å². The molecule has 0 bridgehead atoms. The van der Waals surface area contributed by atoms with E-state index in [9.17, 15) is 26.4 Å². The molecule has 1 amide bonds. The Morgan fingerprint density at radius 2 is 1.75 bits per heavy atom. The minimum atomic E-state index is -4.85. The van der Waals surface area contributed by atoms with Crippen molar-refractivity contribution in [2.24, 2.45) is 10.9 Å². The highest BCUT2D eigenvalue weighted by molar-refractivity contribution is 7.89. The van der Waals surface area contributed by atoms with Crippen molar-refractivity contribution in [1.29, 1.82) is 0 Å². The molecule has 12 heteroatoms. The van der Waals surface area contributed by atoms with E-state index in [0.717, 1.165) is 24.3 Å². The van der Waals surface area contributed by atoms with E-state index < -0.39 is 28.0 Å². The first-order valence-corrected chi connectivity index (χ1v) is 10.9. The fourth-order valence-corrected chi connectivity index (χ4v) is 4.49. The van der Waals surface area contributed by atoms with Crippen LogP contribution in [0.3, 0.4) is 0 Å². The van der Waals surface area contributed by atoms with E-state index in [-0.39, 0.29) is 24.6 Å². The lowest BCUT2D eigenvalue weighted by molar-refractivity contribution is -0.274. The van der Waals surface area contributed by atoms with Crippen molar-refractivity contribution in [1.82, 2.24) is 4.31 Å². The van der Waals surface area contributed by atoms with Crippen LogP contribution >= 0.6 is 0 Å². The lowest BCUT2D eigenvalue weighted by Gasteiger charge is -2.26. The highest BCUT2D eigenvalue weighted by atomic mass is 32.2. The minimum Gasteiger partial charge on any atom is -0.406 e. The molecule has 1 saturated heterocycles. The number of nitrogens with zero attached hydrogens (tertiary/aromatic N) is 2. The van der Waals surface area contributed by atoms with Crippen LogP contribution in [0.5, 0.6) is 5.75 Å². The van der Waals surface area contributed by atoms with E-state index in [2.05, 4.69) is 9.89 Å². The molecular weight excluding hydrogens is 451 g/mol. The molecular formula is C20H20F3N3O5S. The Bertz CT molecular complexity index is 1090. The summed E-state index contributed by atoms with van der Waals surface area (Å²) in [5, 5.41) is 4.04. The highest BCUT2D eigenvalue weighted by Gasteiger charge is 2.32. The molecule has 8 nitrogen and oxygen atoms in total. The minimum absolute atomic E-state index is 0.124. The first-order valence-electron chi connectivity index (χ1n) is 9.47. The van der Waals surface area contributed by atoms with Gasteiger partial charge in [-0.1, -0.05) is 17.3 Å². The molecule has 1 heterocycles. The van der Waals surface area contributed by atoms with Crippen molar-refractivity contribution >= 4 is 21.6 Å². The predicted molar refractivity (Wildman–Crippen MR) is 108 cm³/mol. The molecule has 0 atom stereocenters. The van der Waals surface area contributed by atoms with Gasteiger partial charge in [-0.2, -0.15) is 4.31 Å². The Labute approximate surface area is 182 Å². The maximum absolute atomic E-state index is 12.7. The van der Waals surface area contributed by atoms with E-state index in [1.165, 1.54) is 4.31 Å². The number of oxime groups is 1. The Hall–Kier alpha value is -3.12. The van der Waals surface area contributed by atoms with Gasteiger partial charge in [0.2, 0.25) is 15.9 Å². The zero-order valence-corrected chi connectivity index (χ0v) is 17.5. The molecule has 1 aliphatic heterocycles. The van der Waals surface area contributed by atoms with Gasteiger partial charge in [-0.25, -0.2) is 8.42 Å². The van der Waals surface area contributed by atoms with E-state index in [4.69, 9.17) is 10.6 Å². The Kier molecular flexibility index (Phi) is 7.04. The number of rotatable bonds is 7. The summed E-state index contributed by atoms with van der Waals surface area (Å²) in [5.41, 5.74) is 6.98. The van der Waals surface area contributed by atoms with Crippen LogP contribution in [0.25, 0.3) is 0 Å². The van der Waals surface area contributed by atoms with Crippen LogP contribution in [0.15, 0.2) is 58.6 Å². The molecule has 0 unspecified atom stereocenters. The average Bonchev–Trinajstić information content (AvgIpc) is 2.73. The first kappa shape index (κ1) is 23.5. The molecule has 2 aromatic rings. The molecule has 3 rings (SSSR count). The number of alkyl halides is 3. The van der Waals surface area contributed by atoms with E-state index >= 15 is 0 Å². The number of sulfonamides is 1. The van der Waals surface area contributed by atoms with Gasteiger partial charge in [0.15, 0.2) is 0 Å². The number of amides is 1. The third-order valence-electron chi connectivity index (χ3n) is 4.63. The van der Waals surface area contributed by atoms with Crippen LogP contribution in [-0.4, -0.2) is 43.8 Å². The number of hydrogen-bond donors (Lipinski definition) is 1. The van der Waals surface area contributed by atoms with Crippen molar-refractivity contribution in [2.45, 2.75) is 30.7 Å². The van der Waals surface area contributed by atoms with Crippen molar-refractivity contribution in [3.8, 4) is 5.75 Å². The fraction of sp³-hybridized carbons (Fsp3) is 0.300. The van der Waals surface area contributed by atoms with Crippen molar-refractivity contribution in [3.63, 3.8) is 0 Å². The van der Waals surface area contributed by atoms with E-state index in [1.54, 1.807) is 24.3 Å². The number of halogens is 3. The molecule has 0 aliphatic carbocycles. The molecule has 0 spiro atoms. The third-order valence-corrected chi connectivity index (χ3v) is 6.54. The first-order chi connectivity index (χ1) is 15.0. The van der Waals surface area contributed by atoms with Crippen molar-refractivity contribution < 1.29 is 36.0 Å². The summed E-state index contributed by atoms with van der Waals surface area (Å²) in [5.74, 6) is -1.04. The normalized spacial score (nSPS) is 15.3. The molecule has 1 fully saturated rings. The number of ether oxygens (including phenoxy) is 1. The van der Waals surface area contributed by atoms with Crippen LogP contribution in [-0.2, 0) is 21.5 Å². The maximum atomic E-state index is 12.7. The molecule has 0 radical (unpaired) electrons. The summed E-state index contributed by atoms with van der Waals surface area (Å²) in [6.07, 6.45) is -4.17. The van der Waals surface area contributed by atoms with Gasteiger partial charge in [0.1, 0.15) is 12.4 Å². The van der Waals surface area contributed by atoms with Crippen LogP contribution in [0.2, 0.25) is 0 Å². The van der Waals surface area contributed by atoms with Crippen LogP contribution in [0.4, 0.5) is 13.2 Å². The zero-order chi connectivity index (χ0) is 23.4. The quantitative estimate of drug-likeness (QED) is 0.624. The van der Waals surface area contributed by atoms with Crippen LogP contribution < -0.4 is 10.5 Å². The number of primary amides is 1. The lowest BCUT2D eigenvalue weighted by atomic mass is 10.1. The number of benzene rings is 2. The predicted octanol–water partition coefficient (Wildman–Crippen LogP) is 3.04.